The Morgan fingerprint density at radius 2 is 1.76 bits per heavy atom. The topological polar surface area (TPSA) is 105 Å². The van der Waals surface area contributed by atoms with E-state index in [-0.39, 0.29) is 30.9 Å². The van der Waals surface area contributed by atoms with Gasteiger partial charge in [0, 0.05) is 32.0 Å². The number of rotatable bonds is 11. The monoisotopic (exact) mass is 418 g/mol. The van der Waals surface area contributed by atoms with E-state index in [0.717, 1.165) is 18.9 Å². The van der Waals surface area contributed by atoms with Crippen molar-refractivity contribution in [2.45, 2.75) is 52.1 Å². The van der Waals surface area contributed by atoms with E-state index in [1.165, 1.54) is 0 Å². The molecule has 0 aliphatic heterocycles. The molecule has 1 rings (SSSR count). The molecule has 29 heavy (non-hydrogen) atoms. The predicted molar refractivity (Wildman–Crippen MR) is 101 cm³/mol. The molecule has 0 saturated heterocycles. The Bertz CT molecular complexity index is 720. The smallest absolute Gasteiger partial charge is 0.343 e. The first-order valence-corrected chi connectivity index (χ1v) is 9.28. The third-order valence-electron chi connectivity index (χ3n) is 3.99. The van der Waals surface area contributed by atoms with Crippen LogP contribution in [0.25, 0.3) is 0 Å². The molecule has 11 heteroatoms. The van der Waals surface area contributed by atoms with Gasteiger partial charge in [-0.1, -0.05) is 13.8 Å². The van der Waals surface area contributed by atoms with Gasteiger partial charge < -0.3 is 4.90 Å². The van der Waals surface area contributed by atoms with Crippen molar-refractivity contribution < 1.29 is 27.7 Å². The van der Waals surface area contributed by atoms with Crippen LogP contribution in [0.1, 0.15) is 51.5 Å². The van der Waals surface area contributed by atoms with Gasteiger partial charge in [-0.15, -0.1) is 0 Å². The van der Waals surface area contributed by atoms with Crippen LogP contribution < -0.4 is 10.9 Å². The minimum Gasteiger partial charge on any atom is -0.343 e. The van der Waals surface area contributed by atoms with E-state index in [1.807, 2.05) is 13.8 Å². The molecule has 2 amide bonds. The molecule has 0 spiro atoms. The summed E-state index contributed by atoms with van der Waals surface area (Å²) in [5.74, 6) is -0.586. The van der Waals surface area contributed by atoms with Gasteiger partial charge in [-0.25, -0.2) is 0 Å². The minimum absolute atomic E-state index is 0.0146. The van der Waals surface area contributed by atoms with Crippen molar-refractivity contribution in [1.82, 2.24) is 10.3 Å². The molecule has 0 bridgehead atoms. The summed E-state index contributed by atoms with van der Waals surface area (Å²) in [6, 6.07) is 1.94. The number of amides is 2. The van der Waals surface area contributed by atoms with Crippen LogP contribution in [0.2, 0.25) is 0 Å². The van der Waals surface area contributed by atoms with Crippen LogP contribution >= 0.6 is 0 Å². The SMILES string of the molecule is CCCN(CCC)C(=O)CCCC(=O)NNc1ccc(C(F)(F)F)cc1[N+](=O)[O-]. The number of anilines is 1. The summed E-state index contributed by atoms with van der Waals surface area (Å²) >= 11 is 0. The quantitative estimate of drug-likeness (QED) is 0.419. The lowest BCUT2D eigenvalue weighted by atomic mass is 10.1. The molecule has 1 aromatic carbocycles. The van der Waals surface area contributed by atoms with E-state index >= 15 is 0 Å². The Kier molecular flexibility index (Phi) is 9.36. The molecule has 0 radical (unpaired) electrons. The van der Waals surface area contributed by atoms with Crippen LogP contribution in [0.3, 0.4) is 0 Å². The highest BCUT2D eigenvalue weighted by atomic mass is 19.4. The molecule has 0 unspecified atom stereocenters. The number of hydrazine groups is 1. The van der Waals surface area contributed by atoms with Gasteiger partial charge in [-0.05, 0) is 31.4 Å². The van der Waals surface area contributed by atoms with Gasteiger partial charge in [-0.2, -0.15) is 13.2 Å². The first-order chi connectivity index (χ1) is 13.6. The fourth-order valence-corrected chi connectivity index (χ4v) is 2.62. The largest absolute Gasteiger partial charge is 0.416 e. The maximum absolute atomic E-state index is 12.7. The molecular formula is C18H25F3N4O4. The van der Waals surface area contributed by atoms with Gasteiger partial charge >= 0.3 is 6.18 Å². The maximum Gasteiger partial charge on any atom is 0.416 e. The van der Waals surface area contributed by atoms with Crippen molar-refractivity contribution in [1.29, 1.82) is 0 Å². The molecule has 0 aliphatic rings. The summed E-state index contributed by atoms with van der Waals surface area (Å²) in [5, 5.41) is 11.0. The number of carbonyl (C=O) groups is 2. The molecule has 0 heterocycles. The summed E-state index contributed by atoms with van der Waals surface area (Å²) in [4.78, 5) is 35.8. The fraction of sp³-hybridized carbons (Fsp3) is 0.556. The molecule has 0 saturated carbocycles. The van der Waals surface area contributed by atoms with Crippen molar-refractivity contribution in [2.75, 3.05) is 18.5 Å². The lowest BCUT2D eigenvalue weighted by Crippen LogP contribution is -2.33. The lowest BCUT2D eigenvalue weighted by molar-refractivity contribution is -0.384. The zero-order valence-electron chi connectivity index (χ0n) is 16.3. The minimum atomic E-state index is -4.72. The van der Waals surface area contributed by atoms with Crippen LogP contribution in [0.4, 0.5) is 24.5 Å². The molecular weight excluding hydrogens is 393 g/mol. The van der Waals surface area contributed by atoms with Crippen molar-refractivity contribution >= 4 is 23.2 Å². The van der Waals surface area contributed by atoms with Crippen molar-refractivity contribution in [3.05, 3.63) is 33.9 Å². The zero-order chi connectivity index (χ0) is 22.0. The second-order valence-electron chi connectivity index (χ2n) is 6.39. The van der Waals surface area contributed by atoms with E-state index in [1.54, 1.807) is 4.90 Å². The summed E-state index contributed by atoms with van der Waals surface area (Å²) in [7, 11) is 0. The van der Waals surface area contributed by atoms with Gasteiger partial charge in [0.05, 0.1) is 10.5 Å². The van der Waals surface area contributed by atoms with Gasteiger partial charge in [0.2, 0.25) is 11.8 Å². The maximum atomic E-state index is 12.7. The summed E-state index contributed by atoms with van der Waals surface area (Å²) in [5.41, 5.74) is 2.22. The van der Waals surface area contributed by atoms with Crippen LogP contribution in [-0.2, 0) is 15.8 Å². The van der Waals surface area contributed by atoms with Crippen LogP contribution in [-0.4, -0.2) is 34.7 Å². The standard InChI is InChI=1S/C18H25F3N4O4/c1-3-10-24(11-4-2)17(27)7-5-6-16(26)23-22-14-9-8-13(18(19,20)21)12-15(14)25(28)29/h8-9,12,22H,3-7,10-11H2,1-2H3,(H,23,26). The number of halogens is 3. The highest BCUT2D eigenvalue weighted by Crippen LogP contribution is 2.34. The van der Waals surface area contributed by atoms with E-state index in [4.69, 9.17) is 0 Å². The first-order valence-electron chi connectivity index (χ1n) is 9.28. The predicted octanol–water partition coefficient (Wildman–Crippen LogP) is 3.88. The average molecular weight is 418 g/mol. The van der Waals surface area contributed by atoms with Gasteiger partial charge in [0.1, 0.15) is 5.69 Å². The Labute approximate surface area is 166 Å². The number of nitrogens with zero attached hydrogens (tertiary/aromatic N) is 2. The molecule has 162 valence electrons. The number of hydrogen-bond acceptors (Lipinski definition) is 5. The van der Waals surface area contributed by atoms with E-state index in [0.29, 0.717) is 25.2 Å². The van der Waals surface area contributed by atoms with Gasteiger partial charge in [0.15, 0.2) is 0 Å². The number of nitro benzene ring substituents is 1. The number of alkyl halides is 3. The highest BCUT2D eigenvalue weighted by Gasteiger charge is 2.33. The molecule has 0 aliphatic carbocycles. The third kappa shape index (κ3) is 7.96. The van der Waals surface area contributed by atoms with Crippen LogP contribution in [0, 0.1) is 10.1 Å². The Morgan fingerprint density at radius 3 is 2.28 bits per heavy atom. The Balaban J connectivity index is 2.58. The van der Waals surface area contributed by atoms with Crippen LogP contribution in [0.5, 0.6) is 0 Å². The normalized spacial score (nSPS) is 11.1. The second kappa shape index (κ2) is 11.2. The highest BCUT2D eigenvalue weighted by molar-refractivity contribution is 5.80. The second-order valence-corrected chi connectivity index (χ2v) is 6.39. The summed E-state index contributed by atoms with van der Waals surface area (Å²) < 4.78 is 38.1. The number of nitrogens with one attached hydrogen (secondary N) is 2. The first kappa shape index (κ1) is 24.2. The van der Waals surface area contributed by atoms with E-state index < -0.39 is 28.3 Å². The van der Waals surface area contributed by atoms with Crippen molar-refractivity contribution in [3.8, 4) is 0 Å². The molecule has 0 atom stereocenters. The van der Waals surface area contributed by atoms with Crippen LogP contribution in [0.15, 0.2) is 18.2 Å². The fourth-order valence-electron chi connectivity index (χ4n) is 2.62. The molecule has 0 fully saturated rings. The lowest BCUT2D eigenvalue weighted by Gasteiger charge is -2.21. The van der Waals surface area contributed by atoms with Gasteiger partial charge in [-0.3, -0.25) is 30.6 Å². The van der Waals surface area contributed by atoms with Crippen molar-refractivity contribution in [2.24, 2.45) is 0 Å². The Hall–Kier alpha value is -2.85. The number of benzene rings is 1. The summed E-state index contributed by atoms with van der Waals surface area (Å²) in [6.07, 6.45) is -2.59. The van der Waals surface area contributed by atoms with Crippen molar-refractivity contribution in [3.63, 3.8) is 0 Å². The number of carbonyl (C=O) groups excluding carboxylic acids is 2. The van der Waals surface area contributed by atoms with E-state index in [2.05, 4.69) is 10.9 Å². The molecule has 1 aromatic rings. The molecule has 2 N–H and O–H groups in total. The zero-order valence-corrected chi connectivity index (χ0v) is 16.3. The number of hydrogen-bond donors (Lipinski definition) is 2. The third-order valence-corrected chi connectivity index (χ3v) is 3.99. The number of nitro groups is 1. The Morgan fingerprint density at radius 1 is 1.14 bits per heavy atom. The van der Waals surface area contributed by atoms with E-state index in [9.17, 15) is 32.9 Å². The average Bonchev–Trinajstić information content (AvgIpc) is 2.65. The van der Waals surface area contributed by atoms with Gasteiger partial charge in [0.25, 0.3) is 5.69 Å². The molecule has 8 nitrogen and oxygen atoms in total. The summed E-state index contributed by atoms with van der Waals surface area (Å²) in [6.45, 7) is 5.24. The molecule has 0 aromatic heterocycles.